The van der Waals surface area contributed by atoms with Crippen LogP contribution in [0.1, 0.15) is 50.4 Å². The largest absolute Gasteiger partial charge is 0.478 e. The van der Waals surface area contributed by atoms with Crippen LogP contribution in [0.3, 0.4) is 0 Å². The number of carboxylic acid groups (broad SMARTS) is 1. The number of aromatic carboxylic acids is 1. The molecular formula is C33H35N3O7. The SMILES string of the molecule is Cc1cc(CCNC(=O)[C@H](CCCNC(=O)[C@@H](O)Cc2ccccc2)NC(=O)c2cc3ccccc3o2)ccc1C(=O)O. The van der Waals surface area contributed by atoms with Gasteiger partial charge in [-0.15, -0.1) is 0 Å². The molecule has 1 heterocycles. The maximum atomic E-state index is 13.2. The average Bonchev–Trinajstić information content (AvgIpc) is 3.43. The summed E-state index contributed by atoms with van der Waals surface area (Å²) in [5.41, 5.74) is 3.10. The third-order valence-electron chi connectivity index (χ3n) is 7.05. The van der Waals surface area contributed by atoms with Gasteiger partial charge in [0.1, 0.15) is 17.7 Å². The van der Waals surface area contributed by atoms with Crippen molar-refractivity contribution in [3.8, 4) is 0 Å². The van der Waals surface area contributed by atoms with Gasteiger partial charge in [-0.25, -0.2) is 4.79 Å². The molecule has 0 aliphatic heterocycles. The first-order valence-electron chi connectivity index (χ1n) is 14.1. The number of furan rings is 1. The Balaban J connectivity index is 1.33. The normalized spacial score (nSPS) is 12.3. The lowest BCUT2D eigenvalue weighted by Gasteiger charge is -2.18. The summed E-state index contributed by atoms with van der Waals surface area (Å²) in [5.74, 6) is -2.38. The number of aliphatic hydroxyl groups is 1. The molecule has 4 rings (SSSR count). The van der Waals surface area contributed by atoms with Crippen molar-refractivity contribution in [2.45, 2.75) is 44.8 Å². The van der Waals surface area contributed by atoms with Crippen LogP contribution in [-0.4, -0.2) is 59.1 Å². The summed E-state index contributed by atoms with van der Waals surface area (Å²) in [5, 5.41) is 28.5. The lowest BCUT2D eigenvalue weighted by atomic mass is 10.0. The van der Waals surface area contributed by atoms with Gasteiger partial charge in [-0.2, -0.15) is 0 Å². The summed E-state index contributed by atoms with van der Waals surface area (Å²) in [4.78, 5) is 49.8. The average molecular weight is 586 g/mol. The van der Waals surface area contributed by atoms with Gasteiger partial charge in [0.25, 0.3) is 5.91 Å². The standard InChI is InChI=1S/C33H35N3O7/c1-21-18-23(13-14-25(21)33(41)42)15-17-35-30(38)26(36-32(40)29-20-24-10-5-6-12-28(24)43-29)11-7-16-34-31(39)27(37)19-22-8-3-2-4-9-22/h2-6,8-10,12-14,18,20,26-27,37H,7,11,15-17,19H2,1H3,(H,34,39)(H,35,38)(H,36,40)(H,41,42)/t26-,27-/m0/s1. The molecule has 43 heavy (non-hydrogen) atoms. The van der Waals surface area contributed by atoms with Crippen LogP contribution in [0.25, 0.3) is 11.0 Å². The molecule has 2 atom stereocenters. The number of fused-ring (bicyclic) bond motifs is 1. The van der Waals surface area contributed by atoms with E-state index >= 15 is 0 Å². The molecule has 0 fully saturated rings. The molecule has 1 aromatic heterocycles. The molecule has 0 unspecified atom stereocenters. The van der Waals surface area contributed by atoms with Crippen molar-refractivity contribution in [2.24, 2.45) is 0 Å². The van der Waals surface area contributed by atoms with Crippen LogP contribution in [0.15, 0.2) is 83.3 Å². The Hall–Kier alpha value is -4.96. The maximum Gasteiger partial charge on any atom is 0.335 e. The Labute approximate surface area is 249 Å². The van der Waals surface area contributed by atoms with E-state index in [-0.39, 0.29) is 37.3 Å². The number of amides is 3. The number of nitrogens with one attached hydrogen (secondary N) is 3. The van der Waals surface area contributed by atoms with E-state index in [1.165, 1.54) is 6.07 Å². The highest BCUT2D eigenvalue weighted by Crippen LogP contribution is 2.19. The summed E-state index contributed by atoms with van der Waals surface area (Å²) in [6.07, 6.45) is 0.0234. The number of para-hydroxylation sites is 1. The van der Waals surface area contributed by atoms with E-state index in [9.17, 15) is 29.4 Å². The molecular weight excluding hydrogens is 550 g/mol. The molecule has 5 N–H and O–H groups in total. The molecule has 0 saturated carbocycles. The van der Waals surface area contributed by atoms with Crippen LogP contribution < -0.4 is 16.0 Å². The molecule has 0 bridgehead atoms. The van der Waals surface area contributed by atoms with Crippen LogP contribution in [0.2, 0.25) is 0 Å². The number of aryl methyl sites for hydroxylation is 1. The van der Waals surface area contributed by atoms with E-state index in [0.29, 0.717) is 24.0 Å². The first-order valence-corrected chi connectivity index (χ1v) is 14.1. The molecule has 0 aliphatic carbocycles. The predicted molar refractivity (Wildman–Crippen MR) is 161 cm³/mol. The van der Waals surface area contributed by atoms with Crippen LogP contribution in [0.4, 0.5) is 0 Å². The monoisotopic (exact) mass is 585 g/mol. The number of hydrogen-bond donors (Lipinski definition) is 5. The smallest absolute Gasteiger partial charge is 0.335 e. The zero-order valence-electron chi connectivity index (χ0n) is 23.8. The van der Waals surface area contributed by atoms with Crippen molar-refractivity contribution in [1.29, 1.82) is 0 Å². The molecule has 0 spiro atoms. The fraction of sp³-hybridized carbons (Fsp3) is 0.273. The van der Waals surface area contributed by atoms with Crippen molar-refractivity contribution in [1.82, 2.24) is 16.0 Å². The topological polar surface area (TPSA) is 158 Å². The molecule has 4 aromatic rings. The second-order valence-corrected chi connectivity index (χ2v) is 10.3. The fourth-order valence-electron chi connectivity index (χ4n) is 4.73. The Kier molecular flexibility index (Phi) is 10.7. The number of benzene rings is 3. The first kappa shape index (κ1) is 31.0. The van der Waals surface area contributed by atoms with Crippen LogP contribution >= 0.6 is 0 Å². The number of hydrogen-bond acceptors (Lipinski definition) is 6. The van der Waals surface area contributed by atoms with Gasteiger partial charge >= 0.3 is 5.97 Å². The first-order chi connectivity index (χ1) is 20.7. The number of carboxylic acids is 1. The van der Waals surface area contributed by atoms with E-state index < -0.39 is 35.8 Å². The molecule has 0 radical (unpaired) electrons. The molecule has 224 valence electrons. The summed E-state index contributed by atoms with van der Waals surface area (Å²) in [6, 6.07) is 22.1. The van der Waals surface area contributed by atoms with Crippen molar-refractivity contribution in [2.75, 3.05) is 13.1 Å². The molecule has 10 heteroatoms. The third-order valence-corrected chi connectivity index (χ3v) is 7.05. The molecule has 0 saturated heterocycles. The van der Waals surface area contributed by atoms with Crippen molar-refractivity contribution >= 4 is 34.7 Å². The van der Waals surface area contributed by atoms with Gasteiger partial charge in [0, 0.05) is 24.9 Å². The second-order valence-electron chi connectivity index (χ2n) is 10.3. The number of rotatable bonds is 14. The highest BCUT2D eigenvalue weighted by Gasteiger charge is 2.23. The van der Waals surface area contributed by atoms with Crippen molar-refractivity contribution < 1.29 is 33.8 Å². The van der Waals surface area contributed by atoms with E-state index in [2.05, 4.69) is 16.0 Å². The molecule has 3 amide bonds. The Morgan fingerprint density at radius 3 is 2.28 bits per heavy atom. The second kappa shape index (κ2) is 14.8. The quantitative estimate of drug-likeness (QED) is 0.142. The van der Waals surface area contributed by atoms with Crippen LogP contribution in [-0.2, 0) is 22.4 Å². The molecule has 10 nitrogen and oxygen atoms in total. The van der Waals surface area contributed by atoms with Crippen LogP contribution in [0, 0.1) is 6.92 Å². The highest BCUT2D eigenvalue weighted by atomic mass is 16.4. The number of aliphatic hydroxyl groups excluding tert-OH is 1. The summed E-state index contributed by atoms with van der Waals surface area (Å²) >= 11 is 0. The van der Waals surface area contributed by atoms with Crippen molar-refractivity contribution in [3.05, 3.63) is 107 Å². The lowest BCUT2D eigenvalue weighted by molar-refractivity contribution is -0.129. The number of carbonyl (C=O) groups is 4. The number of carbonyl (C=O) groups excluding carboxylic acids is 3. The summed E-state index contributed by atoms with van der Waals surface area (Å²) < 4.78 is 5.65. The minimum atomic E-state index is -1.21. The van der Waals surface area contributed by atoms with Crippen molar-refractivity contribution in [3.63, 3.8) is 0 Å². The predicted octanol–water partition coefficient (Wildman–Crippen LogP) is 3.40. The van der Waals surface area contributed by atoms with Gasteiger partial charge in [-0.05, 0) is 61.1 Å². The zero-order chi connectivity index (χ0) is 30.8. The maximum absolute atomic E-state index is 13.2. The van der Waals surface area contributed by atoms with Crippen LogP contribution in [0.5, 0.6) is 0 Å². The third kappa shape index (κ3) is 8.76. The minimum Gasteiger partial charge on any atom is -0.478 e. The van der Waals surface area contributed by atoms with Gasteiger partial charge < -0.3 is 30.6 Å². The van der Waals surface area contributed by atoms with E-state index in [1.807, 2.05) is 42.5 Å². The van der Waals surface area contributed by atoms with Gasteiger partial charge in [0.05, 0.1) is 5.56 Å². The van der Waals surface area contributed by atoms with E-state index in [0.717, 1.165) is 16.5 Å². The Bertz CT molecular complexity index is 1550. The minimum absolute atomic E-state index is 0.0744. The van der Waals surface area contributed by atoms with E-state index in [1.54, 1.807) is 37.3 Å². The highest BCUT2D eigenvalue weighted by molar-refractivity contribution is 5.98. The molecule has 3 aromatic carbocycles. The summed E-state index contributed by atoms with van der Waals surface area (Å²) in [6.45, 7) is 2.18. The fourth-order valence-corrected chi connectivity index (χ4v) is 4.73. The van der Waals surface area contributed by atoms with E-state index in [4.69, 9.17) is 4.42 Å². The Morgan fingerprint density at radius 2 is 1.56 bits per heavy atom. The lowest BCUT2D eigenvalue weighted by Crippen LogP contribution is -2.47. The van der Waals surface area contributed by atoms with Gasteiger partial charge in [-0.3, -0.25) is 14.4 Å². The van der Waals surface area contributed by atoms with Gasteiger partial charge in [0.15, 0.2) is 5.76 Å². The van der Waals surface area contributed by atoms with Gasteiger partial charge in [0.2, 0.25) is 11.8 Å². The molecule has 0 aliphatic rings. The van der Waals surface area contributed by atoms with Gasteiger partial charge in [-0.1, -0.05) is 60.7 Å². The Morgan fingerprint density at radius 1 is 0.837 bits per heavy atom. The zero-order valence-corrected chi connectivity index (χ0v) is 23.8. The summed E-state index contributed by atoms with van der Waals surface area (Å²) in [7, 11) is 0.